The van der Waals surface area contributed by atoms with Crippen molar-refractivity contribution in [2.75, 3.05) is 13.7 Å². The van der Waals surface area contributed by atoms with Gasteiger partial charge in [-0.25, -0.2) is 0 Å². The van der Waals surface area contributed by atoms with Gasteiger partial charge >= 0.3 is 0 Å². The summed E-state index contributed by atoms with van der Waals surface area (Å²) in [5.74, 6) is 1.01. The predicted octanol–water partition coefficient (Wildman–Crippen LogP) is 2.50. The first-order valence-electron chi connectivity index (χ1n) is 5.15. The Hall–Kier alpha value is -1.02. The van der Waals surface area contributed by atoms with Gasteiger partial charge in [-0.1, -0.05) is 24.6 Å². The van der Waals surface area contributed by atoms with Crippen LogP contribution in [0.5, 0.6) is 5.75 Å². The third-order valence-electron chi connectivity index (χ3n) is 2.04. The highest BCUT2D eigenvalue weighted by Crippen LogP contribution is 2.19. The Balaban J connectivity index is 2.78. The first kappa shape index (κ1) is 11.1. The Morgan fingerprint density at radius 1 is 1.36 bits per heavy atom. The molecule has 0 aliphatic carbocycles. The maximum absolute atomic E-state index is 5.65. The molecule has 0 aromatic heterocycles. The van der Waals surface area contributed by atoms with Crippen LogP contribution in [0.3, 0.4) is 0 Å². The lowest BCUT2D eigenvalue weighted by Gasteiger charge is -2.11. The maximum Gasteiger partial charge on any atom is 0.123 e. The van der Waals surface area contributed by atoms with Crippen LogP contribution in [0.25, 0.3) is 0 Å². The van der Waals surface area contributed by atoms with Crippen molar-refractivity contribution in [1.29, 1.82) is 0 Å². The van der Waals surface area contributed by atoms with Gasteiger partial charge in [-0.3, -0.25) is 0 Å². The Bertz CT molecular complexity index is 284. The van der Waals surface area contributed by atoms with Crippen LogP contribution in [0.1, 0.15) is 24.5 Å². The Kier molecular flexibility index (Phi) is 4.47. The van der Waals surface area contributed by atoms with E-state index in [0.717, 1.165) is 25.3 Å². The zero-order valence-electron chi connectivity index (χ0n) is 9.26. The Labute approximate surface area is 86.3 Å². The normalized spacial score (nSPS) is 10.2. The summed E-state index contributed by atoms with van der Waals surface area (Å²) in [5, 5.41) is 3.15. The third kappa shape index (κ3) is 3.04. The van der Waals surface area contributed by atoms with Crippen LogP contribution >= 0.6 is 0 Å². The third-order valence-corrected chi connectivity index (χ3v) is 2.04. The molecule has 0 aliphatic heterocycles. The number of hydrogen-bond acceptors (Lipinski definition) is 2. The van der Waals surface area contributed by atoms with Gasteiger partial charge in [0.15, 0.2) is 0 Å². The zero-order chi connectivity index (χ0) is 10.4. The van der Waals surface area contributed by atoms with Crippen LogP contribution in [0.4, 0.5) is 0 Å². The lowest BCUT2D eigenvalue weighted by molar-refractivity contribution is 0.313. The van der Waals surface area contributed by atoms with E-state index in [0.29, 0.717) is 0 Å². The van der Waals surface area contributed by atoms with E-state index in [4.69, 9.17) is 4.74 Å². The van der Waals surface area contributed by atoms with Crippen molar-refractivity contribution < 1.29 is 4.74 Å². The molecule has 0 atom stereocenters. The van der Waals surface area contributed by atoms with Gasteiger partial charge in [-0.15, -0.1) is 0 Å². The summed E-state index contributed by atoms with van der Waals surface area (Å²) in [6, 6.07) is 6.31. The van der Waals surface area contributed by atoms with Crippen molar-refractivity contribution in [3.8, 4) is 5.75 Å². The van der Waals surface area contributed by atoms with Crippen molar-refractivity contribution in [3.05, 3.63) is 29.3 Å². The highest BCUT2D eigenvalue weighted by Gasteiger charge is 2.02. The van der Waals surface area contributed by atoms with Crippen molar-refractivity contribution in [2.24, 2.45) is 0 Å². The second kappa shape index (κ2) is 5.66. The number of hydrogen-bond donors (Lipinski definition) is 1. The van der Waals surface area contributed by atoms with Crippen molar-refractivity contribution in [2.45, 2.75) is 26.8 Å². The monoisotopic (exact) mass is 193 g/mol. The molecule has 0 saturated heterocycles. The zero-order valence-corrected chi connectivity index (χ0v) is 9.26. The molecule has 0 radical (unpaired) electrons. The lowest BCUT2D eigenvalue weighted by atomic mass is 10.1. The summed E-state index contributed by atoms with van der Waals surface area (Å²) < 4.78 is 5.65. The molecule has 1 rings (SSSR count). The smallest absolute Gasteiger partial charge is 0.123 e. The van der Waals surface area contributed by atoms with Crippen LogP contribution < -0.4 is 10.1 Å². The number of nitrogens with one attached hydrogen (secondary N) is 1. The van der Waals surface area contributed by atoms with E-state index < -0.39 is 0 Å². The summed E-state index contributed by atoms with van der Waals surface area (Å²) in [6.45, 7) is 5.87. The summed E-state index contributed by atoms with van der Waals surface area (Å²) in [5.41, 5.74) is 2.51. The molecule has 14 heavy (non-hydrogen) atoms. The summed E-state index contributed by atoms with van der Waals surface area (Å²) in [7, 11) is 1.95. The molecule has 2 heteroatoms. The van der Waals surface area contributed by atoms with Gasteiger partial charge in [0.05, 0.1) is 6.61 Å². The number of benzene rings is 1. The topological polar surface area (TPSA) is 21.3 Å². The summed E-state index contributed by atoms with van der Waals surface area (Å²) in [4.78, 5) is 0. The van der Waals surface area contributed by atoms with Gasteiger partial charge in [0.25, 0.3) is 0 Å². The fourth-order valence-electron chi connectivity index (χ4n) is 1.39. The van der Waals surface area contributed by atoms with Crippen LogP contribution in [0.2, 0.25) is 0 Å². The Morgan fingerprint density at radius 3 is 2.79 bits per heavy atom. The molecule has 78 valence electrons. The highest BCUT2D eigenvalue weighted by atomic mass is 16.5. The van der Waals surface area contributed by atoms with Crippen molar-refractivity contribution in [1.82, 2.24) is 5.32 Å². The van der Waals surface area contributed by atoms with E-state index in [9.17, 15) is 0 Å². The van der Waals surface area contributed by atoms with Crippen molar-refractivity contribution in [3.63, 3.8) is 0 Å². The summed E-state index contributed by atoms with van der Waals surface area (Å²) >= 11 is 0. The molecule has 0 aliphatic rings. The highest BCUT2D eigenvalue weighted by molar-refractivity contribution is 5.36. The average molecular weight is 193 g/mol. The van der Waals surface area contributed by atoms with E-state index in [1.54, 1.807) is 0 Å². The fourth-order valence-corrected chi connectivity index (χ4v) is 1.39. The summed E-state index contributed by atoms with van der Waals surface area (Å²) in [6.07, 6.45) is 1.05. The largest absolute Gasteiger partial charge is 0.493 e. The Morgan fingerprint density at radius 2 is 2.14 bits per heavy atom. The van der Waals surface area contributed by atoms with Gasteiger partial charge in [0.2, 0.25) is 0 Å². The van der Waals surface area contributed by atoms with Crippen molar-refractivity contribution >= 4 is 0 Å². The minimum absolute atomic E-state index is 0.791. The van der Waals surface area contributed by atoms with E-state index in [1.807, 2.05) is 7.05 Å². The molecular weight excluding hydrogens is 174 g/mol. The molecule has 0 bridgehead atoms. The standard InChI is InChI=1S/C12H19NO/c1-4-7-14-12-6-5-10(2)8-11(12)9-13-3/h5-6,8,13H,4,7,9H2,1-3H3. The molecule has 0 amide bonds. The van der Waals surface area contributed by atoms with E-state index in [1.165, 1.54) is 11.1 Å². The van der Waals surface area contributed by atoms with Crippen LogP contribution in [0, 0.1) is 6.92 Å². The SMILES string of the molecule is CCCOc1ccc(C)cc1CNC. The minimum atomic E-state index is 0.791. The predicted molar refractivity (Wildman–Crippen MR) is 59.7 cm³/mol. The number of aryl methyl sites for hydroxylation is 1. The van der Waals surface area contributed by atoms with Crippen LogP contribution in [0.15, 0.2) is 18.2 Å². The number of ether oxygens (including phenoxy) is 1. The molecule has 0 saturated carbocycles. The molecule has 0 fully saturated rings. The molecule has 0 spiro atoms. The minimum Gasteiger partial charge on any atom is -0.493 e. The van der Waals surface area contributed by atoms with Gasteiger partial charge in [-0.05, 0) is 26.5 Å². The van der Waals surface area contributed by atoms with Gasteiger partial charge in [0.1, 0.15) is 5.75 Å². The lowest BCUT2D eigenvalue weighted by Crippen LogP contribution is -2.08. The second-order valence-corrected chi connectivity index (χ2v) is 3.49. The first-order chi connectivity index (χ1) is 6.77. The molecular formula is C12H19NO. The van der Waals surface area contributed by atoms with E-state index in [2.05, 4.69) is 37.4 Å². The number of rotatable bonds is 5. The van der Waals surface area contributed by atoms with E-state index in [-0.39, 0.29) is 0 Å². The van der Waals surface area contributed by atoms with Gasteiger partial charge in [0, 0.05) is 12.1 Å². The van der Waals surface area contributed by atoms with Gasteiger partial charge < -0.3 is 10.1 Å². The quantitative estimate of drug-likeness (QED) is 0.775. The molecule has 0 unspecified atom stereocenters. The molecule has 2 nitrogen and oxygen atoms in total. The molecule has 0 heterocycles. The molecule has 1 aromatic carbocycles. The fraction of sp³-hybridized carbons (Fsp3) is 0.500. The maximum atomic E-state index is 5.65. The molecule has 1 N–H and O–H groups in total. The van der Waals surface area contributed by atoms with E-state index >= 15 is 0 Å². The molecule has 1 aromatic rings. The first-order valence-corrected chi connectivity index (χ1v) is 5.15. The van der Waals surface area contributed by atoms with Crippen LogP contribution in [-0.4, -0.2) is 13.7 Å². The average Bonchev–Trinajstić information content (AvgIpc) is 2.17. The second-order valence-electron chi connectivity index (χ2n) is 3.49. The van der Waals surface area contributed by atoms with Crippen LogP contribution in [-0.2, 0) is 6.54 Å². The van der Waals surface area contributed by atoms with Gasteiger partial charge in [-0.2, -0.15) is 0 Å².